The van der Waals surface area contributed by atoms with Crippen molar-refractivity contribution in [2.45, 2.75) is 90.6 Å². The number of hydrogen-bond acceptors (Lipinski definition) is 8. The topological polar surface area (TPSA) is 134 Å². The predicted octanol–water partition coefficient (Wildman–Crippen LogP) is 4.22. The van der Waals surface area contributed by atoms with Crippen LogP contribution < -0.4 is 10.6 Å². The lowest BCUT2D eigenvalue weighted by molar-refractivity contribution is -0.161. The van der Waals surface area contributed by atoms with Gasteiger partial charge in [-0.15, -0.1) is 0 Å². The van der Waals surface area contributed by atoms with Crippen molar-refractivity contribution in [3.8, 4) is 0 Å². The zero-order valence-electron chi connectivity index (χ0n) is 31.1. The fraction of sp³-hybridized carbons (Fsp3) is 0.475. The highest BCUT2D eigenvalue weighted by Gasteiger charge is 2.35. The second kappa shape index (κ2) is 19.6. The third-order valence-corrected chi connectivity index (χ3v) is 8.62. The largest absolute Gasteiger partial charge is 0.499 e. The molecule has 0 spiro atoms. The maximum atomic E-state index is 13.9. The highest BCUT2D eigenvalue weighted by molar-refractivity contribution is 6.07. The molecule has 4 amide bonds. The Kier molecular flexibility index (Phi) is 15.6. The first-order valence-electron chi connectivity index (χ1n) is 17.6. The first kappa shape index (κ1) is 40.7. The van der Waals surface area contributed by atoms with E-state index in [9.17, 15) is 24.0 Å². The minimum atomic E-state index is -1.11. The Labute approximate surface area is 302 Å². The first-order chi connectivity index (χ1) is 24.2. The first-order valence-corrected chi connectivity index (χ1v) is 17.6. The van der Waals surface area contributed by atoms with Crippen LogP contribution in [-0.4, -0.2) is 90.9 Å². The SMILES string of the molecule is COC1=CC(=O)N(C(=O)/C=C/[C@H](Cc2ccccc2)NC(=O)[C@H](CC(C)C)NC(=O)[C@H](CC(C)C)OC(=O)[C@H](Cc2ccccc2)N(C)C)[C@H]1C. The molecule has 1 aliphatic rings. The van der Waals surface area contributed by atoms with E-state index in [1.807, 2.05) is 88.4 Å². The molecule has 0 aliphatic carbocycles. The molecule has 2 aromatic carbocycles. The maximum absolute atomic E-state index is 13.9. The van der Waals surface area contributed by atoms with Crippen molar-refractivity contribution in [3.63, 3.8) is 0 Å². The molecule has 3 rings (SSSR count). The molecule has 0 unspecified atom stereocenters. The molecular weight excluding hydrogens is 648 g/mol. The zero-order chi connectivity index (χ0) is 37.7. The molecule has 11 nitrogen and oxygen atoms in total. The molecule has 5 atom stereocenters. The summed E-state index contributed by atoms with van der Waals surface area (Å²) in [5.74, 6) is -2.11. The number of amides is 4. The van der Waals surface area contributed by atoms with Crippen LogP contribution in [0.25, 0.3) is 0 Å². The summed E-state index contributed by atoms with van der Waals surface area (Å²) in [6.45, 7) is 9.45. The average molecular weight is 703 g/mol. The van der Waals surface area contributed by atoms with E-state index in [-0.39, 0.29) is 18.3 Å². The van der Waals surface area contributed by atoms with Gasteiger partial charge in [0.05, 0.1) is 19.2 Å². The third kappa shape index (κ3) is 12.5. The van der Waals surface area contributed by atoms with Crippen LogP contribution in [0.15, 0.2) is 84.7 Å². The molecule has 1 heterocycles. The summed E-state index contributed by atoms with van der Waals surface area (Å²) in [7, 11) is 5.03. The van der Waals surface area contributed by atoms with Crippen molar-refractivity contribution in [2.75, 3.05) is 21.2 Å². The molecule has 0 aromatic heterocycles. The number of likely N-dealkylation sites (N-methyl/N-ethyl adjacent to an activating group) is 1. The standard InChI is InChI=1S/C40H54N4O7/c1-26(2)21-32(42-39(48)35(22-27(3)4)51-40(49)33(43(6)7)24-30-17-13-10-14-18-30)38(47)41-31(23-29-15-11-9-12-16-29)19-20-36(45)44-28(5)34(50-8)25-37(44)46/h9-20,25-28,31-33,35H,21-24H2,1-8H3,(H,41,47)(H,42,48)/b20-19+/t28-,31+,32-,33-,35-/m0/s1. The number of methoxy groups -OCH3 is 1. The fourth-order valence-electron chi connectivity index (χ4n) is 5.89. The van der Waals surface area contributed by atoms with Crippen LogP contribution in [0.5, 0.6) is 0 Å². The maximum Gasteiger partial charge on any atom is 0.324 e. The van der Waals surface area contributed by atoms with Crippen molar-refractivity contribution >= 4 is 29.6 Å². The number of rotatable bonds is 18. The van der Waals surface area contributed by atoms with Gasteiger partial charge in [0.25, 0.3) is 17.7 Å². The van der Waals surface area contributed by atoms with Gasteiger partial charge in [0, 0.05) is 12.2 Å². The van der Waals surface area contributed by atoms with Crippen LogP contribution in [0.4, 0.5) is 0 Å². The molecule has 2 N–H and O–H groups in total. The summed E-state index contributed by atoms with van der Waals surface area (Å²) in [5.41, 5.74) is 1.87. The normalized spacial score (nSPS) is 16.9. The molecule has 1 aliphatic heterocycles. The summed E-state index contributed by atoms with van der Waals surface area (Å²) < 4.78 is 11.1. The Hall–Kier alpha value is -4.77. The second-order valence-corrected chi connectivity index (χ2v) is 14.1. The molecule has 11 heteroatoms. The molecule has 0 bridgehead atoms. The molecule has 0 saturated heterocycles. The summed E-state index contributed by atoms with van der Waals surface area (Å²) >= 11 is 0. The number of benzene rings is 2. The lowest BCUT2D eigenvalue weighted by atomic mass is 10.00. The lowest BCUT2D eigenvalue weighted by Crippen LogP contribution is -2.53. The van der Waals surface area contributed by atoms with Crippen molar-refractivity contribution in [1.82, 2.24) is 20.4 Å². The number of esters is 1. The molecule has 0 fully saturated rings. The van der Waals surface area contributed by atoms with Crippen LogP contribution in [0.1, 0.15) is 58.6 Å². The molecular formula is C40H54N4O7. The van der Waals surface area contributed by atoms with E-state index < -0.39 is 59.9 Å². The van der Waals surface area contributed by atoms with Crippen LogP contribution in [0.2, 0.25) is 0 Å². The van der Waals surface area contributed by atoms with Gasteiger partial charge in [-0.25, -0.2) is 0 Å². The predicted molar refractivity (Wildman–Crippen MR) is 196 cm³/mol. The second-order valence-electron chi connectivity index (χ2n) is 14.1. The molecule has 0 radical (unpaired) electrons. The summed E-state index contributed by atoms with van der Waals surface area (Å²) in [5, 5.41) is 5.87. The van der Waals surface area contributed by atoms with Gasteiger partial charge in [0.1, 0.15) is 17.8 Å². The van der Waals surface area contributed by atoms with E-state index in [2.05, 4.69) is 10.6 Å². The van der Waals surface area contributed by atoms with Crippen molar-refractivity contribution in [2.24, 2.45) is 11.8 Å². The van der Waals surface area contributed by atoms with Crippen molar-refractivity contribution in [3.05, 3.63) is 95.8 Å². The fourth-order valence-corrected chi connectivity index (χ4v) is 5.89. The van der Waals surface area contributed by atoms with Crippen LogP contribution in [-0.2, 0) is 46.3 Å². The lowest BCUT2D eigenvalue weighted by Gasteiger charge is -2.28. The van der Waals surface area contributed by atoms with Crippen LogP contribution in [0, 0.1) is 11.8 Å². The van der Waals surface area contributed by atoms with E-state index in [1.165, 1.54) is 19.3 Å². The van der Waals surface area contributed by atoms with Crippen molar-refractivity contribution < 1.29 is 33.4 Å². The van der Waals surface area contributed by atoms with Gasteiger partial charge >= 0.3 is 5.97 Å². The number of nitrogens with one attached hydrogen (secondary N) is 2. The molecule has 51 heavy (non-hydrogen) atoms. The van der Waals surface area contributed by atoms with Crippen LogP contribution in [0.3, 0.4) is 0 Å². The quantitative estimate of drug-likeness (QED) is 0.174. The highest BCUT2D eigenvalue weighted by atomic mass is 16.5. The van der Waals surface area contributed by atoms with E-state index in [4.69, 9.17) is 9.47 Å². The minimum absolute atomic E-state index is 0.0242. The summed E-state index contributed by atoms with van der Waals surface area (Å²) in [4.78, 5) is 69.8. The van der Waals surface area contributed by atoms with Gasteiger partial charge in [-0.2, -0.15) is 0 Å². The van der Waals surface area contributed by atoms with Gasteiger partial charge in [-0.3, -0.25) is 33.8 Å². The van der Waals surface area contributed by atoms with Crippen LogP contribution >= 0.6 is 0 Å². The Balaban J connectivity index is 1.80. The number of ether oxygens (including phenoxy) is 2. The van der Waals surface area contributed by atoms with Gasteiger partial charge in [-0.05, 0) is 69.7 Å². The smallest absolute Gasteiger partial charge is 0.324 e. The minimum Gasteiger partial charge on any atom is -0.499 e. The summed E-state index contributed by atoms with van der Waals surface area (Å²) in [6.07, 6.45) is 4.37. The summed E-state index contributed by atoms with van der Waals surface area (Å²) in [6, 6.07) is 16.3. The molecule has 2 aromatic rings. The average Bonchev–Trinajstić information content (AvgIpc) is 3.37. The number of nitrogens with zero attached hydrogens (tertiary/aromatic N) is 2. The monoisotopic (exact) mass is 702 g/mol. The number of hydrogen-bond donors (Lipinski definition) is 2. The Morgan fingerprint density at radius 1 is 0.843 bits per heavy atom. The number of imide groups is 1. The van der Waals surface area contributed by atoms with Gasteiger partial charge in [0.2, 0.25) is 5.91 Å². The van der Waals surface area contributed by atoms with Gasteiger partial charge in [-0.1, -0.05) is 94.4 Å². The Morgan fingerprint density at radius 3 is 1.92 bits per heavy atom. The molecule has 0 saturated carbocycles. The van der Waals surface area contributed by atoms with Gasteiger partial charge in [0.15, 0.2) is 6.10 Å². The highest BCUT2D eigenvalue weighted by Crippen LogP contribution is 2.21. The third-order valence-electron chi connectivity index (χ3n) is 8.62. The van der Waals surface area contributed by atoms with E-state index in [1.54, 1.807) is 32.0 Å². The van der Waals surface area contributed by atoms with E-state index in [0.29, 0.717) is 25.0 Å². The molecule has 276 valence electrons. The number of carbonyl (C=O) groups excluding carboxylic acids is 5. The van der Waals surface area contributed by atoms with Crippen molar-refractivity contribution in [1.29, 1.82) is 0 Å². The Bertz CT molecular complexity index is 1540. The van der Waals surface area contributed by atoms with E-state index in [0.717, 1.165) is 16.0 Å². The van der Waals surface area contributed by atoms with E-state index >= 15 is 0 Å². The Morgan fingerprint density at radius 2 is 1.41 bits per heavy atom. The zero-order valence-corrected chi connectivity index (χ0v) is 31.1. The van der Waals surface area contributed by atoms with Gasteiger partial charge < -0.3 is 20.1 Å². The number of carbonyl (C=O) groups is 5.